The third-order valence-electron chi connectivity index (χ3n) is 2.86. The van der Waals surface area contributed by atoms with Crippen molar-refractivity contribution >= 4 is 46.0 Å². The predicted octanol–water partition coefficient (Wildman–Crippen LogP) is 2.58. The van der Waals surface area contributed by atoms with Crippen LogP contribution in [0.2, 0.25) is 0 Å². The van der Waals surface area contributed by atoms with E-state index < -0.39 is 0 Å². The van der Waals surface area contributed by atoms with Gasteiger partial charge in [0.05, 0.1) is 13.2 Å². The number of anilines is 2. The van der Waals surface area contributed by atoms with E-state index in [-0.39, 0.29) is 6.61 Å². The van der Waals surface area contributed by atoms with Crippen molar-refractivity contribution in [3.05, 3.63) is 60.7 Å². The Bertz CT molecular complexity index is 637. The normalized spacial score (nSPS) is 9.78. The van der Waals surface area contributed by atoms with Crippen molar-refractivity contribution in [1.82, 2.24) is 10.4 Å². The lowest BCUT2D eigenvalue weighted by atomic mass is 10.3. The van der Waals surface area contributed by atoms with Crippen molar-refractivity contribution in [3.8, 4) is 0 Å². The third kappa shape index (κ3) is 5.82. The lowest BCUT2D eigenvalue weighted by Crippen LogP contribution is -2.50. The maximum atomic E-state index is 9.22. The summed E-state index contributed by atoms with van der Waals surface area (Å²) in [6, 6.07) is 19.1. The van der Waals surface area contributed by atoms with Gasteiger partial charge in [0.15, 0.2) is 10.2 Å². The zero-order valence-corrected chi connectivity index (χ0v) is 14.0. The van der Waals surface area contributed by atoms with Crippen LogP contribution in [-0.2, 0) is 0 Å². The number of aliphatic hydroxyl groups is 1. The minimum atomic E-state index is -0.0580. The summed E-state index contributed by atoms with van der Waals surface area (Å²) in [6.07, 6.45) is 0. The molecule has 0 unspecified atom stereocenters. The largest absolute Gasteiger partial charge is 0.394 e. The zero-order valence-electron chi connectivity index (χ0n) is 12.4. The molecule has 5 nitrogen and oxygen atoms in total. The summed E-state index contributed by atoms with van der Waals surface area (Å²) < 4.78 is 0. The zero-order chi connectivity index (χ0) is 16.5. The molecule has 0 aromatic heterocycles. The van der Waals surface area contributed by atoms with Gasteiger partial charge in [0.2, 0.25) is 0 Å². The fraction of sp³-hybridized carbons (Fsp3) is 0.125. The van der Waals surface area contributed by atoms with Gasteiger partial charge in [-0.05, 0) is 48.7 Å². The van der Waals surface area contributed by atoms with Gasteiger partial charge in [0, 0.05) is 11.4 Å². The van der Waals surface area contributed by atoms with Crippen LogP contribution in [-0.4, -0.2) is 33.5 Å². The molecule has 0 saturated carbocycles. The molecule has 7 heteroatoms. The number of thiocarbonyl (C=S) groups is 2. The van der Waals surface area contributed by atoms with Gasteiger partial charge in [-0.1, -0.05) is 36.4 Å². The molecule has 0 heterocycles. The number of hydrazine groups is 1. The molecule has 0 saturated heterocycles. The molecule has 2 aromatic rings. The molecule has 0 bridgehead atoms. The quantitative estimate of drug-likeness (QED) is 0.501. The molecule has 0 amide bonds. The Kier molecular flexibility index (Phi) is 6.74. The van der Waals surface area contributed by atoms with Crippen LogP contribution in [0, 0.1) is 0 Å². The van der Waals surface area contributed by atoms with Gasteiger partial charge < -0.3 is 15.7 Å². The highest BCUT2D eigenvalue weighted by Crippen LogP contribution is 2.07. The summed E-state index contributed by atoms with van der Waals surface area (Å²) in [5.41, 5.74) is 4.71. The summed E-state index contributed by atoms with van der Waals surface area (Å²) in [5.74, 6) is 0. The molecule has 0 radical (unpaired) electrons. The molecular formula is C16H18N4OS2. The number of aliphatic hydroxyl groups excluding tert-OH is 1. The summed E-state index contributed by atoms with van der Waals surface area (Å²) in [7, 11) is 0. The van der Waals surface area contributed by atoms with E-state index in [1.807, 2.05) is 60.7 Å². The van der Waals surface area contributed by atoms with Crippen molar-refractivity contribution in [2.45, 2.75) is 0 Å². The van der Waals surface area contributed by atoms with Crippen LogP contribution >= 0.6 is 24.4 Å². The fourth-order valence-electron chi connectivity index (χ4n) is 1.82. The molecule has 0 aliphatic heterocycles. The van der Waals surface area contributed by atoms with E-state index in [4.69, 9.17) is 24.4 Å². The highest BCUT2D eigenvalue weighted by molar-refractivity contribution is 7.81. The summed E-state index contributed by atoms with van der Waals surface area (Å²) in [6.45, 7) is 0.243. The molecule has 2 aromatic carbocycles. The number of rotatable bonds is 4. The van der Waals surface area contributed by atoms with Gasteiger partial charge in [0.1, 0.15) is 0 Å². The van der Waals surface area contributed by atoms with E-state index in [1.165, 1.54) is 0 Å². The van der Waals surface area contributed by atoms with Crippen LogP contribution in [0.15, 0.2) is 60.7 Å². The first-order chi connectivity index (χ1) is 11.2. The Morgan fingerprint density at radius 2 is 1.39 bits per heavy atom. The van der Waals surface area contributed by atoms with Gasteiger partial charge in [-0.2, -0.15) is 0 Å². The highest BCUT2D eigenvalue weighted by Gasteiger charge is 2.11. The average molecular weight is 346 g/mol. The number of para-hydroxylation sites is 2. The number of benzene rings is 2. The lowest BCUT2D eigenvalue weighted by molar-refractivity contribution is 0.238. The summed E-state index contributed by atoms with van der Waals surface area (Å²) in [5, 5.41) is 17.8. The van der Waals surface area contributed by atoms with Gasteiger partial charge in [-0.3, -0.25) is 10.4 Å². The van der Waals surface area contributed by atoms with Gasteiger partial charge in [-0.25, -0.2) is 0 Å². The van der Waals surface area contributed by atoms with E-state index in [0.29, 0.717) is 16.8 Å². The minimum absolute atomic E-state index is 0.0580. The van der Waals surface area contributed by atoms with Crippen molar-refractivity contribution in [2.75, 3.05) is 23.8 Å². The molecule has 23 heavy (non-hydrogen) atoms. The summed E-state index contributed by atoms with van der Waals surface area (Å²) in [4.78, 5) is 0. The standard InChI is InChI=1S/C16H18N4OS2/c21-12-11-20(16(23)18-14-9-5-2-6-10-14)19-15(22)17-13-7-3-1-4-8-13/h1-10,21H,11-12H2,(H,18,23)(H2,17,19,22). The van der Waals surface area contributed by atoms with Gasteiger partial charge in [-0.15, -0.1) is 0 Å². The van der Waals surface area contributed by atoms with Crippen LogP contribution < -0.4 is 16.1 Å². The van der Waals surface area contributed by atoms with E-state index in [2.05, 4.69) is 16.1 Å². The Balaban J connectivity index is 1.94. The molecule has 120 valence electrons. The Labute approximate surface area is 146 Å². The number of nitrogens with zero attached hydrogens (tertiary/aromatic N) is 1. The first kappa shape index (κ1) is 17.1. The molecule has 0 spiro atoms. The second-order valence-electron chi connectivity index (χ2n) is 4.60. The van der Waals surface area contributed by atoms with Crippen molar-refractivity contribution < 1.29 is 5.11 Å². The summed E-state index contributed by atoms with van der Waals surface area (Å²) >= 11 is 10.6. The molecule has 0 atom stereocenters. The van der Waals surface area contributed by atoms with Crippen molar-refractivity contribution in [1.29, 1.82) is 0 Å². The van der Waals surface area contributed by atoms with E-state index in [9.17, 15) is 5.11 Å². The molecule has 2 rings (SSSR count). The smallest absolute Gasteiger partial charge is 0.192 e. The van der Waals surface area contributed by atoms with E-state index in [1.54, 1.807) is 5.01 Å². The van der Waals surface area contributed by atoms with Crippen LogP contribution in [0.4, 0.5) is 11.4 Å². The topological polar surface area (TPSA) is 59.6 Å². The monoisotopic (exact) mass is 346 g/mol. The second kappa shape index (κ2) is 9.04. The van der Waals surface area contributed by atoms with Gasteiger partial charge in [0.25, 0.3) is 0 Å². The van der Waals surface area contributed by atoms with Gasteiger partial charge >= 0.3 is 0 Å². The number of hydrogen-bond acceptors (Lipinski definition) is 3. The molecule has 0 aliphatic carbocycles. The van der Waals surface area contributed by atoms with E-state index in [0.717, 1.165) is 11.4 Å². The maximum absolute atomic E-state index is 9.22. The van der Waals surface area contributed by atoms with Crippen LogP contribution in [0.3, 0.4) is 0 Å². The average Bonchev–Trinajstić information content (AvgIpc) is 2.56. The SMILES string of the molecule is OCCN(NC(=S)Nc1ccccc1)C(=S)Nc1ccccc1. The third-order valence-corrected chi connectivity index (χ3v) is 3.38. The minimum Gasteiger partial charge on any atom is -0.394 e. The molecule has 0 aliphatic rings. The Morgan fingerprint density at radius 3 is 1.91 bits per heavy atom. The van der Waals surface area contributed by atoms with Crippen molar-refractivity contribution in [3.63, 3.8) is 0 Å². The molecule has 0 fully saturated rings. The number of hydrogen-bond donors (Lipinski definition) is 4. The van der Waals surface area contributed by atoms with E-state index >= 15 is 0 Å². The van der Waals surface area contributed by atoms with Crippen LogP contribution in [0.1, 0.15) is 0 Å². The first-order valence-corrected chi connectivity index (χ1v) is 7.88. The predicted molar refractivity (Wildman–Crippen MR) is 102 cm³/mol. The molecule has 4 N–H and O–H groups in total. The van der Waals surface area contributed by atoms with Crippen LogP contribution in [0.25, 0.3) is 0 Å². The Hall–Kier alpha value is -2.22. The van der Waals surface area contributed by atoms with Crippen molar-refractivity contribution in [2.24, 2.45) is 0 Å². The second-order valence-corrected chi connectivity index (χ2v) is 5.40. The first-order valence-electron chi connectivity index (χ1n) is 7.06. The molecular weight excluding hydrogens is 328 g/mol. The maximum Gasteiger partial charge on any atom is 0.192 e. The highest BCUT2D eigenvalue weighted by atomic mass is 32.1. The lowest BCUT2D eigenvalue weighted by Gasteiger charge is -2.27. The number of nitrogens with one attached hydrogen (secondary N) is 3. The Morgan fingerprint density at radius 1 is 0.870 bits per heavy atom. The fourth-order valence-corrected chi connectivity index (χ4v) is 2.31. The van der Waals surface area contributed by atoms with Crippen LogP contribution in [0.5, 0.6) is 0 Å².